The van der Waals surface area contributed by atoms with Gasteiger partial charge in [0.2, 0.25) is 17.7 Å². The summed E-state index contributed by atoms with van der Waals surface area (Å²) in [6.07, 6.45) is 2.83. The number of carbonyl (C=O) groups excluding carboxylic acids is 3. The number of amides is 3. The zero-order valence-corrected chi connectivity index (χ0v) is 25.5. The molecular formula is C35H41N5O5. The summed E-state index contributed by atoms with van der Waals surface area (Å²) in [6.45, 7) is 3.59. The van der Waals surface area contributed by atoms with Crippen molar-refractivity contribution in [3.8, 4) is 0 Å². The molecule has 3 aromatic carbocycles. The van der Waals surface area contributed by atoms with E-state index in [2.05, 4.69) is 20.9 Å². The third-order valence-electron chi connectivity index (χ3n) is 8.06. The molecule has 5 unspecified atom stereocenters. The lowest BCUT2D eigenvalue weighted by Crippen LogP contribution is -2.58. The van der Waals surface area contributed by atoms with Crippen LogP contribution >= 0.6 is 0 Å². The van der Waals surface area contributed by atoms with Gasteiger partial charge in [0.15, 0.2) is 0 Å². The number of nitrogens with one attached hydrogen (secondary N) is 4. The van der Waals surface area contributed by atoms with E-state index in [0.29, 0.717) is 6.42 Å². The Labute approximate surface area is 262 Å². The van der Waals surface area contributed by atoms with Crippen LogP contribution in [0, 0.1) is 5.92 Å². The Balaban J connectivity index is 1.59. The Kier molecular flexibility index (Phi) is 11.5. The smallest absolute Gasteiger partial charge is 0.326 e. The minimum absolute atomic E-state index is 0.0912. The third-order valence-corrected chi connectivity index (χ3v) is 8.06. The summed E-state index contributed by atoms with van der Waals surface area (Å²) in [6, 6.07) is 21.9. The molecule has 0 fully saturated rings. The van der Waals surface area contributed by atoms with E-state index >= 15 is 0 Å². The summed E-state index contributed by atoms with van der Waals surface area (Å²) in [5.74, 6) is -3.22. The second-order valence-corrected chi connectivity index (χ2v) is 11.4. The van der Waals surface area contributed by atoms with Gasteiger partial charge in [0.05, 0.1) is 6.04 Å². The number of benzene rings is 3. The summed E-state index contributed by atoms with van der Waals surface area (Å²) < 4.78 is 0. The fraction of sp³-hybridized carbons (Fsp3) is 0.314. The van der Waals surface area contributed by atoms with Crippen LogP contribution in [0.15, 0.2) is 91.1 Å². The first-order chi connectivity index (χ1) is 21.7. The summed E-state index contributed by atoms with van der Waals surface area (Å²) in [5.41, 5.74) is 9.56. The van der Waals surface area contributed by atoms with Gasteiger partial charge in [0.1, 0.15) is 18.1 Å². The molecule has 0 saturated carbocycles. The van der Waals surface area contributed by atoms with Crippen molar-refractivity contribution in [2.24, 2.45) is 11.7 Å². The summed E-state index contributed by atoms with van der Waals surface area (Å²) in [4.78, 5) is 56.0. The van der Waals surface area contributed by atoms with Crippen LogP contribution in [0.3, 0.4) is 0 Å². The molecule has 0 aliphatic carbocycles. The zero-order chi connectivity index (χ0) is 32.3. The minimum atomic E-state index is -1.16. The van der Waals surface area contributed by atoms with E-state index < -0.39 is 47.9 Å². The van der Waals surface area contributed by atoms with Crippen molar-refractivity contribution in [1.29, 1.82) is 0 Å². The number of para-hydroxylation sites is 1. The molecule has 7 N–H and O–H groups in total. The molecule has 1 aromatic heterocycles. The normalized spacial score (nSPS) is 14.5. The number of hydrogen-bond acceptors (Lipinski definition) is 5. The molecule has 0 aliphatic heterocycles. The van der Waals surface area contributed by atoms with Crippen LogP contribution < -0.4 is 21.7 Å². The largest absolute Gasteiger partial charge is 0.480 e. The summed E-state index contributed by atoms with van der Waals surface area (Å²) in [7, 11) is 0. The third kappa shape index (κ3) is 9.02. The predicted octanol–water partition coefficient (Wildman–Crippen LogP) is 3.11. The Hall–Kier alpha value is -4.96. The van der Waals surface area contributed by atoms with Crippen LogP contribution in [0.5, 0.6) is 0 Å². The maximum absolute atomic E-state index is 13.9. The van der Waals surface area contributed by atoms with Gasteiger partial charge in [-0.2, -0.15) is 0 Å². The fourth-order valence-corrected chi connectivity index (χ4v) is 5.24. The molecule has 4 aromatic rings. The van der Waals surface area contributed by atoms with Crippen molar-refractivity contribution in [2.45, 2.75) is 63.7 Å². The Morgan fingerprint density at radius 3 is 1.89 bits per heavy atom. The maximum atomic E-state index is 13.9. The lowest BCUT2D eigenvalue weighted by Gasteiger charge is -2.26. The Morgan fingerprint density at radius 1 is 0.733 bits per heavy atom. The van der Waals surface area contributed by atoms with Crippen LogP contribution in [-0.2, 0) is 38.4 Å². The van der Waals surface area contributed by atoms with Crippen molar-refractivity contribution in [1.82, 2.24) is 20.9 Å². The molecule has 3 amide bonds. The molecule has 4 rings (SSSR count). The van der Waals surface area contributed by atoms with Gasteiger partial charge in [-0.3, -0.25) is 14.4 Å². The average molecular weight is 612 g/mol. The molecule has 45 heavy (non-hydrogen) atoms. The highest BCUT2D eigenvalue weighted by atomic mass is 16.4. The van der Waals surface area contributed by atoms with Crippen molar-refractivity contribution in [3.63, 3.8) is 0 Å². The van der Waals surface area contributed by atoms with Crippen LogP contribution in [0.25, 0.3) is 10.9 Å². The fourth-order valence-electron chi connectivity index (χ4n) is 5.24. The number of carboxylic acid groups (broad SMARTS) is 1. The van der Waals surface area contributed by atoms with E-state index in [0.717, 1.165) is 27.6 Å². The minimum Gasteiger partial charge on any atom is -0.480 e. The van der Waals surface area contributed by atoms with Crippen molar-refractivity contribution >= 4 is 34.6 Å². The Morgan fingerprint density at radius 2 is 1.27 bits per heavy atom. The first kappa shape index (κ1) is 32.9. The second kappa shape index (κ2) is 15.7. The first-order valence-electron chi connectivity index (χ1n) is 15.2. The lowest BCUT2D eigenvalue weighted by molar-refractivity contribution is -0.143. The van der Waals surface area contributed by atoms with E-state index in [1.165, 1.54) is 0 Å². The van der Waals surface area contributed by atoms with Crippen molar-refractivity contribution in [2.75, 3.05) is 0 Å². The highest BCUT2D eigenvalue weighted by Gasteiger charge is 2.32. The van der Waals surface area contributed by atoms with Crippen LogP contribution in [0.1, 0.15) is 37.0 Å². The molecule has 0 aliphatic rings. The standard InChI is InChI=1S/C35H41N5O5/c1-3-22(2)31(35(44)45)40-34(43)30(20-25-21-37-28-17-11-10-16-26(25)28)39-33(42)29(19-24-14-8-5-9-15-24)38-32(41)27(36)18-23-12-6-4-7-13-23/h4-17,21-22,27,29-31,37H,3,18-20,36H2,1-2H3,(H,38,41)(H,39,42)(H,40,43)(H,44,45). The van der Waals surface area contributed by atoms with Gasteiger partial charge in [0, 0.05) is 29.9 Å². The zero-order valence-electron chi connectivity index (χ0n) is 25.5. The number of H-pyrrole nitrogens is 1. The highest BCUT2D eigenvalue weighted by Crippen LogP contribution is 2.20. The van der Waals surface area contributed by atoms with Gasteiger partial charge in [-0.1, -0.05) is 99.1 Å². The molecule has 0 spiro atoms. The van der Waals surface area contributed by atoms with Gasteiger partial charge in [-0.05, 0) is 35.1 Å². The van der Waals surface area contributed by atoms with Gasteiger partial charge < -0.3 is 31.8 Å². The molecule has 236 valence electrons. The monoisotopic (exact) mass is 611 g/mol. The molecule has 0 bridgehead atoms. The molecule has 1 heterocycles. The number of nitrogens with two attached hydrogens (primary N) is 1. The molecule has 0 saturated heterocycles. The predicted molar refractivity (Wildman–Crippen MR) is 173 cm³/mol. The number of carbonyl (C=O) groups is 4. The second-order valence-electron chi connectivity index (χ2n) is 11.4. The summed E-state index contributed by atoms with van der Waals surface area (Å²) in [5, 5.41) is 19.0. The van der Waals surface area contributed by atoms with E-state index in [1.54, 1.807) is 13.1 Å². The Bertz CT molecular complexity index is 1590. The number of rotatable bonds is 15. The van der Waals surface area contributed by atoms with Gasteiger partial charge in [-0.15, -0.1) is 0 Å². The van der Waals surface area contributed by atoms with Gasteiger partial charge in [0.25, 0.3) is 0 Å². The van der Waals surface area contributed by atoms with Crippen LogP contribution in [0.2, 0.25) is 0 Å². The number of carboxylic acids is 1. The van der Waals surface area contributed by atoms with Crippen molar-refractivity contribution in [3.05, 3.63) is 108 Å². The maximum Gasteiger partial charge on any atom is 0.326 e. The lowest BCUT2D eigenvalue weighted by atomic mass is 9.97. The molecule has 10 heteroatoms. The SMILES string of the molecule is CCC(C)C(NC(=O)C(Cc1c[nH]c2ccccc12)NC(=O)C(Cc1ccccc1)NC(=O)C(N)Cc1ccccc1)C(=O)O. The van der Waals surface area contributed by atoms with Crippen LogP contribution in [0.4, 0.5) is 0 Å². The quantitative estimate of drug-likeness (QED) is 0.121. The van der Waals surface area contributed by atoms with Gasteiger partial charge in [-0.25, -0.2) is 4.79 Å². The first-order valence-corrected chi connectivity index (χ1v) is 15.2. The molecular weight excluding hydrogens is 570 g/mol. The van der Waals surface area contributed by atoms with E-state index in [-0.39, 0.29) is 25.2 Å². The number of fused-ring (bicyclic) bond motifs is 1. The number of aromatic amines is 1. The van der Waals surface area contributed by atoms with E-state index in [9.17, 15) is 24.3 Å². The summed E-state index contributed by atoms with van der Waals surface area (Å²) >= 11 is 0. The molecule has 5 atom stereocenters. The van der Waals surface area contributed by atoms with E-state index in [1.807, 2.05) is 91.9 Å². The topological polar surface area (TPSA) is 166 Å². The van der Waals surface area contributed by atoms with E-state index in [4.69, 9.17) is 5.73 Å². The molecule has 10 nitrogen and oxygen atoms in total. The van der Waals surface area contributed by atoms with Crippen LogP contribution in [-0.4, -0.2) is 57.9 Å². The van der Waals surface area contributed by atoms with Crippen molar-refractivity contribution < 1.29 is 24.3 Å². The number of hydrogen-bond donors (Lipinski definition) is 6. The van der Waals surface area contributed by atoms with Gasteiger partial charge >= 0.3 is 5.97 Å². The number of aliphatic carboxylic acids is 1. The molecule has 0 radical (unpaired) electrons. The number of aromatic nitrogens is 1. The average Bonchev–Trinajstić information content (AvgIpc) is 3.45. The highest BCUT2D eigenvalue weighted by molar-refractivity contribution is 5.95.